The quantitative estimate of drug-likeness (QED) is 0.346. The summed E-state index contributed by atoms with van der Waals surface area (Å²) in [7, 11) is 0. The summed E-state index contributed by atoms with van der Waals surface area (Å²) in [5.74, 6) is -3.77. The topological polar surface area (TPSA) is 110 Å². The molecule has 0 N–H and O–H groups in total. The predicted octanol–water partition coefficient (Wildman–Crippen LogP) is 1.08. The van der Waals surface area contributed by atoms with E-state index in [2.05, 4.69) is 0 Å². The van der Waals surface area contributed by atoms with E-state index in [1.165, 1.54) is 0 Å². The Kier molecular flexibility index (Phi) is 7.17. The van der Waals surface area contributed by atoms with E-state index in [9.17, 15) is 24.0 Å². The van der Waals surface area contributed by atoms with Gasteiger partial charge in [0.25, 0.3) is 5.91 Å². The lowest BCUT2D eigenvalue weighted by Gasteiger charge is -2.22. The van der Waals surface area contributed by atoms with Crippen molar-refractivity contribution in [2.75, 3.05) is 31.2 Å². The van der Waals surface area contributed by atoms with Crippen LogP contribution in [0.5, 0.6) is 0 Å². The standard InChI is InChI=1S/C22H24N2O7/c1-2-30-19(26)12-23(15-8-4-3-5-9-15)18(25)14-31-20(27)13-24-21(28)16-10-6-7-11-17(16)22(24)29/h3-9,16-17H,2,10-14H2,1H3. The summed E-state index contributed by atoms with van der Waals surface area (Å²) in [6.45, 7) is 0.300. The van der Waals surface area contributed by atoms with Gasteiger partial charge in [0, 0.05) is 5.69 Å². The maximum atomic E-state index is 12.6. The minimum atomic E-state index is -0.870. The van der Waals surface area contributed by atoms with Crippen LogP contribution in [0.15, 0.2) is 42.5 Å². The van der Waals surface area contributed by atoms with Crippen LogP contribution in [-0.4, -0.2) is 60.9 Å². The van der Waals surface area contributed by atoms with E-state index >= 15 is 0 Å². The molecule has 2 aliphatic rings. The molecular weight excluding hydrogens is 404 g/mol. The first kappa shape index (κ1) is 22.2. The maximum absolute atomic E-state index is 12.6. The zero-order chi connectivity index (χ0) is 22.4. The molecule has 3 amide bonds. The van der Waals surface area contributed by atoms with Gasteiger partial charge in [0.15, 0.2) is 6.61 Å². The number of esters is 2. The number of anilines is 1. The number of ether oxygens (including phenoxy) is 2. The van der Waals surface area contributed by atoms with Gasteiger partial charge in [0.05, 0.1) is 18.4 Å². The number of para-hydroxylation sites is 1. The number of imide groups is 1. The van der Waals surface area contributed by atoms with Crippen molar-refractivity contribution in [1.82, 2.24) is 4.90 Å². The number of carbonyl (C=O) groups is 5. The molecule has 1 aromatic rings. The summed E-state index contributed by atoms with van der Waals surface area (Å²) in [4.78, 5) is 63.7. The van der Waals surface area contributed by atoms with Crippen molar-refractivity contribution in [2.45, 2.75) is 19.8 Å². The van der Waals surface area contributed by atoms with Crippen LogP contribution >= 0.6 is 0 Å². The fourth-order valence-electron chi connectivity index (χ4n) is 3.69. The largest absolute Gasteiger partial charge is 0.465 e. The highest BCUT2D eigenvalue weighted by molar-refractivity contribution is 6.07. The van der Waals surface area contributed by atoms with Gasteiger partial charge in [-0.15, -0.1) is 0 Å². The molecule has 164 valence electrons. The smallest absolute Gasteiger partial charge is 0.326 e. The molecule has 1 aromatic carbocycles. The summed E-state index contributed by atoms with van der Waals surface area (Å²) < 4.78 is 9.92. The van der Waals surface area contributed by atoms with E-state index in [1.54, 1.807) is 37.3 Å². The van der Waals surface area contributed by atoms with E-state index in [4.69, 9.17) is 9.47 Å². The Bertz CT molecular complexity index is 870. The Labute approximate surface area is 179 Å². The highest BCUT2D eigenvalue weighted by Crippen LogP contribution is 2.34. The monoisotopic (exact) mass is 428 g/mol. The number of likely N-dealkylation sites (tertiary alicyclic amines) is 1. The average molecular weight is 428 g/mol. The van der Waals surface area contributed by atoms with Crippen LogP contribution in [0.25, 0.3) is 0 Å². The van der Waals surface area contributed by atoms with E-state index in [0.29, 0.717) is 18.5 Å². The van der Waals surface area contributed by atoms with Crippen LogP contribution in [-0.2, 0) is 33.4 Å². The third kappa shape index (κ3) is 5.17. The van der Waals surface area contributed by atoms with E-state index < -0.39 is 54.6 Å². The Morgan fingerprint density at radius 1 is 0.968 bits per heavy atom. The first-order valence-corrected chi connectivity index (χ1v) is 10.1. The van der Waals surface area contributed by atoms with Gasteiger partial charge in [-0.25, -0.2) is 0 Å². The van der Waals surface area contributed by atoms with E-state index in [0.717, 1.165) is 9.80 Å². The summed E-state index contributed by atoms with van der Waals surface area (Å²) >= 11 is 0. The van der Waals surface area contributed by atoms with Crippen LogP contribution in [0.3, 0.4) is 0 Å². The minimum absolute atomic E-state index is 0.167. The van der Waals surface area contributed by atoms with Gasteiger partial charge in [-0.05, 0) is 31.9 Å². The zero-order valence-corrected chi connectivity index (χ0v) is 17.2. The van der Waals surface area contributed by atoms with Gasteiger partial charge in [-0.2, -0.15) is 0 Å². The van der Waals surface area contributed by atoms with Crippen LogP contribution in [0.4, 0.5) is 5.69 Å². The Morgan fingerprint density at radius 3 is 2.16 bits per heavy atom. The van der Waals surface area contributed by atoms with Gasteiger partial charge < -0.3 is 9.47 Å². The number of hydrogen-bond acceptors (Lipinski definition) is 7. The Morgan fingerprint density at radius 2 is 1.58 bits per heavy atom. The molecule has 3 rings (SSSR count). The second-order valence-corrected chi connectivity index (χ2v) is 7.20. The van der Waals surface area contributed by atoms with Crippen LogP contribution in [0, 0.1) is 11.8 Å². The molecule has 9 nitrogen and oxygen atoms in total. The molecule has 0 spiro atoms. The van der Waals surface area contributed by atoms with Crippen molar-refractivity contribution in [2.24, 2.45) is 11.8 Å². The third-order valence-electron chi connectivity index (χ3n) is 5.20. The van der Waals surface area contributed by atoms with Crippen molar-refractivity contribution in [3.05, 3.63) is 42.5 Å². The summed E-state index contributed by atoms with van der Waals surface area (Å²) in [5.41, 5.74) is 0.443. The molecule has 0 radical (unpaired) electrons. The van der Waals surface area contributed by atoms with Crippen molar-refractivity contribution in [3.8, 4) is 0 Å². The molecule has 0 saturated carbocycles. The minimum Gasteiger partial charge on any atom is -0.465 e. The first-order valence-electron chi connectivity index (χ1n) is 10.1. The number of nitrogens with zero attached hydrogens (tertiary/aromatic N) is 2. The van der Waals surface area contributed by atoms with Crippen LogP contribution in [0.2, 0.25) is 0 Å². The molecule has 31 heavy (non-hydrogen) atoms. The summed E-state index contributed by atoms with van der Waals surface area (Å²) in [5, 5.41) is 0. The first-order chi connectivity index (χ1) is 14.9. The number of hydrogen-bond donors (Lipinski definition) is 0. The predicted molar refractivity (Wildman–Crippen MR) is 108 cm³/mol. The second kappa shape index (κ2) is 10.0. The molecule has 1 saturated heterocycles. The molecular formula is C22H24N2O7. The number of amides is 3. The Hall–Kier alpha value is -3.49. The molecule has 1 fully saturated rings. The highest BCUT2D eigenvalue weighted by atomic mass is 16.5. The third-order valence-corrected chi connectivity index (χ3v) is 5.20. The lowest BCUT2D eigenvalue weighted by Crippen LogP contribution is -2.41. The van der Waals surface area contributed by atoms with E-state index in [-0.39, 0.29) is 13.2 Å². The SMILES string of the molecule is CCOC(=O)CN(C(=O)COC(=O)CN1C(=O)C2CC=CCC2C1=O)c1ccccc1. The van der Waals surface area contributed by atoms with Crippen LogP contribution < -0.4 is 4.90 Å². The zero-order valence-electron chi connectivity index (χ0n) is 17.2. The van der Waals surface area contributed by atoms with Crippen molar-refractivity contribution >= 4 is 35.3 Å². The molecule has 1 aliphatic heterocycles. The molecule has 0 aromatic heterocycles. The van der Waals surface area contributed by atoms with Crippen molar-refractivity contribution < 1.29 is 33.4 Å². The van der Waals surface area contributed by atoms with Gasteiger partial charge in [-0.1, -0.05) is 30.4 Å². The summed E-state index contributed by atoms with van der Waals surface area (Å²) in [6, 6.07) is 8.43. The second-order valence-electron chi connectivity index (χ2n) is 7.20. The van der Waals surface area contributed by atoms with Gasteiger partial charge >= 0.3 is 11.9 Å². The average Bonchev–Trinajstić information content (AvgIpc) is 3.01. The lowest BCUT2D eigenvalue weighted by molar-refractivity contribution is -0.154. The highest BCUT2D eigenvalue weighted by Gasteiger charge is 2.47. The number of rotatable bonds is 8. The Balaban J connectivity index is 1.59. The maximum Gasteiger partial charge on any atom is 0.326 e. The lowest BCUT2D eigenvalue weighted by atomic mass is 9.85. The van der Waals surface area contributed by atoms with E-state index in [1.807, 2.05) is 12.2 Å². The number of allylic oxidation sites excluding steroid dienone is 2. The normalized spacial score (nSPS) is 19.7. The van der Waals surface area contributed by atoms with Crippen molar-refractivity contribution in [3.63, 3.8) is 0 Å². The molecule has 2 unspecified atom stereocenters. The fraction of sp³-hybridized carbons (Fsp3) is 0.409. The van der Waals surface area contributed by atoms with Gasteiger partial charge in [-0.3, -0.25) is 33.8 Å². The molecule has 0 bridgehead atoms. The van der Waals surface area contributed by atoms with Gasteiger partial charge in [0.2, 0.25) is 11.8 Å². The number of carbonyl (C=O) groups excluding carboxylic acids is 5. The number of fused-ring (bicyclic) bond motifs is 1. The summed E-state index contributed by atoms with van der Waals surface area (Å²) in [6.07, 6.45) is 4.65. The molecule has 2 atom stereocenters. The van der Waals surface area contributed by atoms with Crippen molar-refractivity contribution in [1.29, 1.82) is 0 Å². The molecule has 9 heteroatoms. The number of benzene rings is 1. The van der Waals surface area contributed by atoms with Crippen LogP contribution in [0.1, 0.15) is 19.8 Å². The molecule has 1 heterocycles. The fourth-order valence-corrected chi connectivity index (χ4v) is 3.69. The van der Waals surface area contributed by atoms with Gasteiger partial charge in [0.1, 0.15) is 13.1 Å². The molecule has 1 aliphatic carbocycles.